The standard InChI is InChI=1S/C17H24INO2/c1-12(2)13-8-7-9-14(10-13)17(5,6)19-15(20)21-11-16(3,4)18/h7-10H,1,11H2,2-6H3,(H,19,20). The minimum atomic E-state index is -0.502. The number of alkyl halides is 1. The van der Waals surface area contributed by atoms with Crippen LogP contribution < -0.4 is 5.32 Å². The summed E-state index contributed by atoms with van der Waals surface area (Å²) in [6, 6.07) is 8.03. The molecule has 0 aliphatic rings. The first-order valence-electron chi connectivity index (χ1n) is 6.91. The Hall–Kier alpha value is -1.04. The van der Waals surface area contributed by atoms with E-state index in [4.69, 9.17) is 4.74 Å². The molecule has 1 aromatic carbocycles. The Kier molecular flexibility index (Phi) is 5.84. The molecule has 1 aromatic rings. The maximum atomic E-state index is 11.9. The average Bonchev–Trinajstić information content (AvgIpc) is 2.35. The minimum absolute atomic E-state index is 0.0703. The fourth-order valence-corrected chi connectivity index (χ4v) is 1.93. The summed E-state index contributed by atoms with van der Waals surface area (Å²) >= 11 is 2.26. The smallest absolute Gasteiger partial charge is 0.407 e. The van der Waals surface area contributed by atoms with Gasteiger partial charge in [0, 0.05) is 0 Å². The van der Waals surface area contributed by atoms with Gasteiger partial charge in [-0.2, -0.15) is 0 Å². The van der Waals surface area contributed by atoms with Crippen molar-refractivity contribution in [3.63, 3.8) is 0 Å². The highest BCUT2D eigenvalue weighted by molar-refractivity contribution is 14.1. The summed E-state index contributed by atoms with van der Waals surface area (Å²) in [5, 5.41) is 2.92. The Labute approximate surface area is 141 Å². The summed E-state index contributed by atoms with van der Waals surface area (Å²) in [4.78, 5) is 11.9. The number of carbonyl (C=O) groups is 1. The van der Waals surface area contributed by atoms with Crippen LogP contribution in [0.3, 0.4) is 0 Å². The summed E-state index contributed by atoms with van der Waals surface area (Å²) in [5.41, 5.74) is 2.59. The van der Waals surface area contributed by atoms with Crippen LogP contribution in [-0.4, -0.2) is 16.1 Å². The lowest BCUT2D eigenvalue weighted by molar-refractivity contribution is 0.130. The molecule has 0 spiro atoms. The molecular weight excluding hydrogens is 377 g/mol. The van der Waals surface area contributed by atoms with Gasteiger partial charge in [-0.25, -0.2) is 4.79 Å². The molecule has 1 N–H and O–H groups in total. The van der Waals surface area contributed by atoms with Gasteiger partial charge in [0.15, 0.2) is 0 Å². The van der Waals surface area contributed by atoms with Crippen molar-refractivity contribution in [3.05, 3.63) is 42.0 Å². The highest BCUT2D eigenvalue weighted by Crippen LogP contribution is 2.24. The van der Waals surface area contributed by atoms with Crippen LogP contribution in [0.4, 0.5) is 4.79 Å². The van der Waals surface area contributed by atoms with E-state index in [-0.39, 0.29) is 3.42 Å². The predicted molar refractivity (Wildman–Crippen MR) is 96.8 cm³/mol. The van der Waals surface area contributed by atoms with E-state index in [1.165, 1.54) is 0 Å². The molecule has 0 aliphatic heterocycles. The molecule has 1 amide bonds. The van der Waals surface area contributed by atoms with E-state index in [0.29, 0.717) is 6.61 Å². The van der Waals surface area contributed by atoms with Gasteiger partial charge in [0.25, 0.3) is 0 Å². The Morgan fingerprint density at radius 2 is 1.95 bits per heavy atom. The maximum Gasteiger partial charge on any atom is 0.407 e. The van der Waals surface area contributed by atoms with Crippen molar-refractivity contribution in [2.45, 2.75) is 43.6 Å². The molecule has 0 heterocycles. The van der Waals surface area contributed by atoms with Gasteiger partial charge in [0.2, 0.25) is 0 Å². The fraction of sp³-hybridized carbons (Fsp3) is 0.471. The van der Waals surface area contributed by atoms with E-state index in [1.54, 1.807) is 0 Å². The quantitative estimate of drug-likeness (QED) is 0.563. The second-order valence-electron chi connectivity index (χ2n) is 6.41. The van der Waals surface area contributed by atoms with Crippen molar-refractivity contribution in [1.82, 2.24) is 5.32 Å². The van der Waals surface area contributed by atoms with E-state index in [9.17, 15) is 4.79 Å². The zero-order chi connectivity index (χ0) is 16.3. The number of ether oxygens (including phenoxy) is 1. The third kappa shape index (κ3) is 6.08. The summed E-state index contributed by atoms with van der Waals surface area (Å²) in [6.45, 7) is 14.2. The van der Waals surface area contributed by atoms with Crippen LogP contribution in [0.2, 0.25) is 0 Å². The molecule has 0 radical (unpaired) electrons. The van der Waals surface area contributed by atoms with Crippen molar-refractivity contribution in [1.29, 1.82) is 0 Å². The van der Waals surface area contributed by atoms with E-state index in [2.05, 4.69) is 34.5 Å². The van der Waals surface area contributed by atoms with E-state index in [0.717, 1.165) is 16.7 Å². The van der Waals surface area contributed by atoms with Gasteiger partial charge in [-0.1, -0.05) is 52.9 Å². The molecular formula is C17H24INO2. The summed E-state index contributed by atoms with van der Waals surface area (Å²) in [6.07, 6.45) is -0.398. The summed E-state index contributed by atoms with van der Waals surface area (Å²) in [7, 11) is 0. The maximum absolute atomic E-state index is 11.9. The molecule has 0 bridgehead atoms. The molecule has 0 unspecified atom stereocenters. The van der Waals surface area contributed by atoms with Gasteiger partial charge in [0.1, 0.15) is 6.61 Å². The Morgan fingerprint density at radius 1 is 1.33 bits per heavy atom. The van der Waals surface area contributed by atoms with Crippen molar-refractivity contribution >= 4 is 34.3 Å². The van der Waals surface area contributed by atoms with E-state index < -0.39 is 11.6 Å². The number of allylic oxidation sites excluding steroid dienone is 1. The number of nitrogens with one attached hydrogen (secondary N) is 1. The molecule has 116 valence electrons. The summed E-state index contributed by atoms with van der Waals surface area (Å²) < 4.78 is 5.20. The third-order valence-electron chi connectivity index (χ3n) is 3.04. The van der Waals surface area contributed by atoms with Crippen molar-refractivity contribution < 1.29 is 9.53 Å². The van der Waals surface area contributed by atoms with Crippen LogP contribution in [0.1, 0.15) is 45.7 Å². The largest absolute Gasteiger partial charge is 0.448 e. The zero-order valence-electron chi connectivity index (χ0n) is 13.4. The lowest BCUT2D eigenvalue weighted by Gasteiger charge is -2.28. The molecule has 0 saturated heterocycles. The number of rotatable bonds is 5. The molecule has 1 rings (SSSR count). The lowest BCUT2D eigenvalue weighted by Crippen LogP contribution is -2.42. The number of amides is 1. The molecule has 0 aromatic heterocycles. The molecule has 0 saturated carbocycles. The highest BCUT2D eigenvalue weighted by Gasteiger charge is 2.25. The summed E-state index contributed by atoms with van der Waals surface area (Å²) in [5.74, 6) is 0. The fourth-order valence-electron chi connectivity index (χ4n) is 1.77. The van der Waals surface area contributed by atoms with Gasteiger partial charge >= 0.3 is 6.09 Å². The molecule has 4 heteroatoms. The second kappa shape index (κ2) is 6.81. The second-order valence-corrected chi connectivity index (χ2v) is 9.33. The molecule has 21 heavy (non-hydrogen) atoms. The van der Waals surface area contributed by atoms with Gasteiger partial charge in [-0.3, -0.25) is 0 Å². The van der Waals surface area contributed by atoms with Gasteiger partial charge < -0.3 is 10.1 Å². The van der Waals surface area contributed by atoms with Crippen molar-refractivity contribution in [2.24, 2.45) is 0 Å². The average molecular weight is 401 g/mol. The lowest BCUT2D eigenvalue weighted by atomic mass is 9.92. The van der Waals surface area contributed by atoms with Crippen molar-refractivity contribution in [3.8, 4) is 0 Å². The highest BCUT2D eigenvalue weighted by atomic mass is 127. The van der Waals surface area contributed by atoms with Crippen molar-refractivity contribution in [2.75, 3.05) is 6.61 Å². The van der Waals surface area contributed by atoms with E-state index >= 15 is 0 Å². The molecule has 0 fully saturated rings. The van der Waals surface area contributed by atoms with Crippen LogP contribution in [0.5, 0.6) is 0 Å². The SMILES string of the molecule is C=C(C)c1cccc(C(C)(C)NC(=O)OCC(C)(C)I)c1. The van der Waals surface area contributed by atoms with Crippen LogP contribution in [0, 0.1) is 0 Å². The number of benzene rings is 1. The normalized spacial score (nSPS) is 11.9. The number of alkyl carbamates (subject to hydrolysis) is 1. The predicted octanol–water partition coefficient (Wildman–Crippen LogP) is 4.89. The van der Waals surface area contributed by atoms with Crippen LogP contribution in [-0.2, 0) is 10.3 Å². The van der Waals surface area contributed by atoms with Gasteiger partial charge in [0.05, 0.1) is 8.96 Å². The Morgan fingerprint density at radius 3 is 2.48 bits per heavy atom. The third-order valence-corrected chi connectivity index (χ3v) is 3.35. The topological polar surface area (TPSA) is 38.3 Å². The molecule has 0 aliphatic carbocycles. The number of hydrogen-bond acceptors (Lipinski definition) is 2. The van der Waals surface area contributed by atoms with Gasteiger partial charge in [-0.15, -0.1) is 0 Å². The molecule has 0 atom stereocenters. The number of hydrogen-bond donors (Lipinski definition) is 1. The minimum Gasteiger partial charge on any atom is -0.448 e. The van der Waals surface area contributed by atoms with Crippen LogP contribution in [0.15, 0.2) is 30.8 Å². The number of halogens is 1. The zero-order valence-corrected chi connectivity index (χ0v) is 15.6. The van der Waals surface area contributed by atoms with Crippen LogP contribution >= 0.6 is 22.6 Å². The van der Waals surface area contributed by atoms with Gasteiger partial charge in [-0.05, 0) is 51.8 Å². The van der Waals surface area contributed by atoms with E-state index in [1.807, 2.05) is 58.9 Å². The number of carbonyl (C=O) groups excluding carboxylic acids is 1. The molecule has 3 nitrogen and oxygen atoms in total. The van der Waals surface area contributed by atoms with Crippen LogP contribution in [0.25, 0.3) is 5.57 Å². The Bertz CT molecular complexity index is 530. The Balaban J connectivity index is 2.79. The first-order chi connectivity index (χ1) is 9.51. The first-order valence-corrected chi connectivity index (χ1v) is 7.99. The monoisotopic (exact) mass is 401 g/mol. The first kappa shape index (κ1) is 18.0.